The van der Waals surface area contributed by atoms with Crippen LogP contribution in [0.4, 0.5) is 0 Å². The number of aryl methyl sites for hydroxylation is 1. The first-order valence-electron chi connectivity index (χ1n) is 6.72. The quantitative estimate of drug-likeness (QED) is 0.763. The smallest absolute Gasteiger partial charge is 0.112 e. The van der Waals surface area contributed by atoms with Crippen molar-refractivity contribution >= 4 is 10.9 Å². The molecule has 3 aromatic rings. The highest BCUT2D eigenvalue weighted by atomic mass is 16.3. The summed E-state index contributed by atoms with van der Waals surface area (Å²) in [4.78, 5) is 4.31. The molecule has 3 rings (SSSR count). The molecule has 0 saturated heterocycles. The molecule has 0 spiro atoms. The number of hydrogen-bond acceptors (Lipinski definition) is 2. The molecular weight excluding hydrogens is 246 g/mol. The van der Waals surface area contributed by atoms with Crippen LogP contribution in [0.25, 0.3) is 10.9 Å². The van der Waals surface area contributed by atoms with Crippen LogP contribution in [0.3, 0.4) is 0 Å². The van der Waals surface area contributed by atoms with E-state index in [2.05, 4.69) is 4.98 Å². The van der Waals surface area contributed by atoms with Gasteiger partial charge >= 0.3 is 0 Å². The van der Waals surface area contributed by atoms with Crippen molar-refractivity contribution in [3.8, 4) is 0 Å². The molecule has 0 aliphatic heterocycles. The Kier molecular flexibility index (Phi) is 3.03. The van der Waals surface area contributed by atoms with E-state index >= 15 is 0 Å². The highest BCUT2D eigenvalue weighted by Gasteiger charge is 2.25. The number of nitrogens with zero attached hydrogens (tertiary/aromatic N) is 1. The number of benzene rings is 2. The van der Waals surface area contributed by atoms with Crippen LogP contribution in [0.5, 0.6) is 0 Å². The predicted octanol–water partition coefficient (Wildman–Crippen LogP) is 3.80. The molecule has 100 valence electrons. The van der Waals surface area contributed by atoms with E-state index < -0.39 is 5.60 Å². The molecule has 0 fully saturated rings. The molecule has 1 heterocycles. The summed E-state index contributed by atoms with van der Waals surface area (Å²) in [6, 6.07) is 17.8. The number of aliphatic hydroxyl groups is 1. The first kappa shape index (κ1) is 12.8. The maximum absolute atomic E-state index is 10.9. The second-order valence-corrected chi connectivity index (χ2v) is 5.35. The molecule has 0 aliphatic carbocycles. The van der Waals surface area contributed by atoms with Gasteiger partial charge in [0.2, 0.25) is 0 Å². The third kappa shape index (κ3) is 2.19. The lowest BCUT2D eigenvalue weighted by Gasteiger charge is -2.25. The van der Waals surface area contributed by atoms with Crippen molar-refractivity contribution in [2.75, 3.05) is 0 Å². The normalized spacial score (nSPS) is 14.2. The Bertz CT molecular complexity index is 745. The zero-order valence-electron chi connectivity index (χ0n) is 11.7. The van der Waals surface area contributed by atoms with E-state index in [1.165, 1.54) is 5.56 Å². The van der Waals surface area contributed by atoms with Crippen molar-refractivity contribution in [1.82, 2.24) is 4.98 Å². The maximum atomic E-state index is 10.9. The molecule has 0 amide bonds. The van der Waals surface area contributed by atoms with Crippen molar-refractivity contribution in [2.24, 2.45) is 0 Å². The van der Waals surface area contributed by atoms with Crippen molar-refractivity contribution in [3.05, 3.63) is 77.5 Å². The Hall–Kier alpha value is -2.19. The van der Waals surface area contributed by atoms with Gasteiger partial charge in [-0.25, -0.2) is 0 Å². The molecular formula is C18H17NO. The second kappa shape index (κ2) is 4.73. The maximum Gasteiger partial charge on any atom is 0.112 e. The molecule has 1 unspecified atom stereocenters. The van der Waals surface area contributed by atoms with Gasteiger partial charge in [0.05, 0.1) is 5.52 Å². The minimum Gasteiger partial charge on any atom is -0.381 e. The van der Waals surface area contributed by atoms with Gasteiger partial charge in [-0.15, -0.1) is 0 Å². The second-order valence-electron chi connectivity index (χ2n) is 5.35. The average Bonchev–Trinajstić information content (AvgIpc) is 2.47. The molecule has 0 radical (unpaired) electrons. The fourth-order valence-electron chi connectivity index (χ4n) is 2.42. The van der Waals surface area contributed by atoms with Crippen LogP contribution >= 0.6 is 0 Å². The Morgan fingerprint density at radius 1 is 0.950 bits per heavy atom. The summed E-state index contributed by atoms with van der Waals surface area (Å²) in [5.74, 6) is 0. The summed E-state index contributed by atoms with van der Waals surface area (Å²) < 4.78 is 0. The zero-order chi connectivity index (χ0) is 14.2. The van der Waals surface area contributed by atoms with Crippen molar-refractivity contribution in [3.63, 3.8) is 0 Å². The van der Waals surface area contributed by atoms with E-state index in [9.17, 15) is 5.11 Å². The minimum atomic E-state index is -1.00. The van der Waals surface area contributed by atoms with Crippen LogP contribution in [0.15, 0.2) is 60.8 Å². The van der Waals surface area contributed by atoms with E-state index in [4.69, 9.17) is 0 Å². The molecule has 20 heavy (non-hydrogen) atoms. The molecule has 2 nitrogen and oxygen atoms in total. The summed E-state index contributed by atoms with van der Waals surface area (Å²) in [5, 5.41) is 11.9. The van der Waals surface area contributed by atoms with Crippen LogP contribution in [-0.2, 0) is 5.60 Å². The Morgan fingerprint density at radius 3 is 2.40 bits per heavy atom. The number of aromatic nitrogens is 1. The number of rotatable bonds is 2. The van der Waals surface area contributed by atoms with Crippen molar-refractivity contribution in [2.45, 2.75) is 19.4 Å². The van der Waals surface area contributed by atoms with Gasteiger partial charge in [0, 0.05) is 11.6 Å². The highest BCUT2D eigenvalue weighted by Crippen LogP contribution is 2.30. The standard InChI is InChI=1S/C18H17NO/c1-13-5-7-15(8-6-13)18(2,20)16-9-10-17-14(12-16)4-3-11-19-17/h3-12,20H,1-2H3. The Balaban J connectivity index is 2.10. The predicted molar refractivity (Wildman–Crippen MR) is 81.6 cm³/mol. The molecule has 0 aliphatic rings. The summed E-state index contributed by atoms with van der Waals surface area (Å²) in [6.07, 6.45) is 1.78. The molecule has 2 heteroatoms. The SMILES string of the molecule is Cc1ccc(C(C)(O)c2ccc3ncccc3c2)cc1. The minimum absolute atomic E-state index is 0.877. The van der Waals surface area contributed by atoms with E-state index in [0.717, 1.165) is 22.0 Å². The van der Waals surface area contributed by atoms with E-state index in [0.29, 0.717) is 0 Å². The summed E-state index contributed by atoms with van der Waals surface area (Å²) in [5.41, 5.74) is 2.90. The van der Waals surface area contributed by atoms with Crippen LogP contribution in [0.1, 0.15) is 23.6 Å². The van der Waals surface area contributed by atoms with Crippen LogP contribution in [-0.4, -0.2) is 10.1 Å². The first-order valence-corrected chi connectivity index (χ1v) is 6.72. The van der Waals surface area contributed by atoms with Gasteiger partial charge in [-0.05, 0) is 43.2 Å². The fourth-order valence-corrected chi connectivity index (χ4v) is 2.42. The molecule has 1 N–H and O–H groups in total. The number of fused-ring (bicyclic) bond motifs is 1. The summed E-state index contributed by atoms with van der Waals surface area (Å²) in [6.45, 7) is 3.87. The van der Waals surface area contributed by atoms with Gasteiger partial charge in [-0.2, -0.15) is 0 Å². The summed E-state index contributed by atoms with van der Waals surface area (Å²) in [7, 11) is 0. The molecule has 0 saturated carbocycles. The largest absolute Gasteiger partial charge is 0.381 e. The number of hydrogen-bond donors (Lipinski definition) is 1. The lowest BCUT2D eigenvalue weighted by molar-refractivity contribution is 0.102. The van der Waals surface area contributed by atoms with Gasteiger partial charge < -0.3 is 5.11 Å². The first-order chi connectivity index (χ1) is 9.57. The third-order valence-electron chi connectivity index (χ3n) is 3.78. The fraction of sp³-hybridized carbons (Fsp3) is 0.167. The van der Waals surface area contributed by atoms with Crippen LogP contribution in [0.2, 0.25) is 0 Å². The van der Waals surface area contributed by atoms with Crippen LogP contribution < -0.4 is 0 Å². The van der Waals surface area contributed by atoms with Crippen molar-refractivity contribution < 1.29 is 5.11 Å². The van der Waals surface area contributed by atoms with E-state index in [1.54, 1.807) is 6.20 Å². The van der Waals surface area contributed by atoms with E-state index in [-0.39, 0.29) is 0 Å². The Morgan fingerprint density at radius 2 is 1.65 bits per heavy atom. The van der Waals surface area contributed by atoms with Gasteiger partial charge in [0.1, 0.15) is 5.60 Å². The van der Waals surface area contributed by atoms with E-state index in [1.807, 2.05) is 68.4 Å². The monoisotopic (exact) mass is 263 g/mol. The van der Waals surface area contributed by atoms with Crippen LogP contribution in [0, 0.1) is 6.92 Å². The van der Waals surface area contributed by atoms with Gasteiger partial charge in [0.25, 0.3) is 0 Å². The lowest BCUT2D eigenvalue weighted by Crippen LogP contribution is -2.22. The zero-order valence-corrected chi connectivity index (χ0v) is 11.7. The van der Waals surface area contributed by atoms with Crippen molar-refractivity contribution in [1.29, 1.82) is 0 Å². The lowest BCUT2D eigenvalue weighted by atomic mass is 9.87. The number of pyridine rings is 1. The summed E-state index contributed by atoms with van der Waals surface area (Å²) >= 11 is 0. The average molecular weight is 263 g/mol. The Labute approximate surface area is 118 Å². The van der Waals surface area contributed by atoms with Gasteiger partial charge in [-0.1, -0.05) is 42.0 Å². The molecule has 2 aromatic carbocycles. The molecule has 1 aromatic heterocycles. The molecule has 1 atom stereocenters. The van der Waals surface area contributed by atoms with Gasteiger partial charge in [-0.3, -0.25) is 4.98 Å². The highest BCUT2D eigenvalue weighted by molar-refractivity contribution is 5.79. The third-order valence-corrected chi connectivity index (χ3v) is 3.78. The topological polar surface area (TPSA) is 33.1 Å². The van der Waals surface area contributed by atoms with Gasteiger partial charge in [0.15, 0.2) is 0 Å². The molecule has 0 bridgehead atoms.